The van der Waals surface area contributed by atoms with Crippen LogP contribution in [-0.4, -0.2) is 35.5 Å². The quantitative estimate of drug-likeness (QED) is 0.708. The standard InChI is InChI=1S/C14H25N3O3/c1-9(2)13(6-8-18)16-14(19)15-7-5-12-10(3)17-20-11(12)4/h9,13,18H,5-8H2,1-4H3,(H2,15,16,19). The number of aliphatic hydroxyl groups excluding tert-OH is 1. The predicted octanol–water partition coefficient (Wildman–Crippen LogP) is 1.54. The maximum absolute atomic E-state index is 11.8. The van der Waals surface area contributed by atoms with Gasteiger partial charge in [0, 0.05) is 24.8 Å². The smallest absolute Gasteiger partial charge is 0.315 e. The van der Waals surface area contributed by atoms with Crippen LogP contribution in [0.1, 0.15) is 37.3 Å². The van der Waals surface area contributed by atoms with Crippen molar-refractivity contribution in [3.8, 4) is 0 Å². The second-order valence-electron chi connectivity index (χ2n) is 5.32. The number of nitrogens with zero attached hydrogens (tertiary/aromatic N) is 1. The number of aryl methyl sites for hydroxylation is 2. The van der Waals surface area contributed by atoms with E-state index in [1.807, 2.05) is 27.7 Å². The lowest BCUT2D eigenvalue weighted by atomic mass is 10.0. The minimum absolute atomic E-state index is 0.0148. The van der Waals surface area contributed by atoms with Gasteiger partial charge in [0.2, 0.25) is 0 Å². The maximum Gasteiger partial charge on any atom is 0.315 e. The lowest BCUT2D eigenvalue weighted by Gasteiger charge is -2.21. The molecule has 1 atom stereocenters. The Bertz CT molecular complexity index is 410. The summed E-state index contributed by atoms with van der Waals surface area (Å²) in [6, 6.07) is -0.219. The van der Waals surface area contributed by atoms with Crippen LogP contribution in [-0.2, 0) is 6.42 Å². The van der Waals surface area contributed by atoms with Crippen LogP contribution in [0.5, 0.6) is 0 Å². The Balaban J connectivity index is 2.36. The third kappa shape index (κ3) is 4.85. The summed E-state index contributed by atoms with van der Waals surface area (Å²) in [6.07, 6.45) is 1.26. The van der Waals surface area contributed by atoms with E-state index in [9.17, 15) is 4.79 Å². The van der Waals surface area contributed by atoms with Crippen molar-refractivity contribution < 1.29 is 14.4 Å². The average Bonchev–Trinajstić information content (AvgIpc) is 2.69. The zero-order valence-corrected chi connectivity index (χ0v) is 12.7. The number of aromatic nitrogens is 1. The van der Waals surface area contributed by atoms with Crippen LogP contribution in [0.3, 0.4) is 0 Å². The number of nitrogens with one attached hydrogen (secondary N) is 2. The summed E-state index contributed by atoms with van der Waals surface area (Å²) in [5, 5.41) is 18.5. The van der Waals surface area contributed by atoms with Gasteiger partial charge in [0.25, 0.3) is 0 Å². The molecule has 3 N–H and O–H groups in total. The lowest BCUT2D eigenvalue weighted by molar-refractivity contribution is 0.219. The fourth-order valence-electron chi connectivity index (χ4n) is 2.09. The Morgan fingerprint density at radius 2 is 2.10 bits per heavy atom. The van der Waals surface area contributed by atoms with Gasteiger partial charge < -0.3 is 20.3 Å². The van der Waals surface area contributed by atoms with E-state index in [1.165, 1.54) is 0 Å². The van der Waals surface area contributed by atoms with Gasteiger partial charge in [-0.05, 0) is 32.6 Å². The predicted molar refractivity (Wildman–Crippen MR) is 76.5 cm³/mol. The van der Waals surface area contributed by atoms with Crippen molar-refractivity contribution in [3.05, 3.63) is 17.0 Å². The van der Waals surface area contributed by atoms with Gasteiger partial charge in [0.1, 0.15) is 5.76 Å². The molecule has 1 unspecified atom stereocenters. The molecule has 0 aliphatic carbocycles. The molecular weight excluding hydrogens is 258 g/mol. The molecule has 6 nitrogen and oxygen atoms in total. The number of urea groups is 1. The SMILES string of the molecule is Cc1noc(C)c1CCNC(=O)NC(CCO)C(C)C. The van der Waals surface area contributed by atoms with Gasteiger partial charge in [-0.2, -0.15) is 0 Å². The molecular formula is C14H25N3O3. The van der Waals surface area contributed by atoms with Crippen LogP contribution in [0.2, 0.25) is 0 Å². The second-order valence-corrected chi connectivity index (χ2v) is 5.32. The van der Waals surface area contributed by atoms with Crippen molar-refractivity contribution in [1.82, 2.24) is 15.8 Å². The first kappa shape index (κ1) is 16.5. The normalized spacial score (nSPS) is 12.5. The van der Waals surface area contributed by atoms with Crippen LogP contribution < -0.4 is 10.6 Å². The third-order valence-corrected chi connectivity index (χ3v) is 3.40. The molecule has 0 aromatic carbocycles. The van der Waals surface area contributed by atoms with E-state index in [2.05, 4.69) is 15.8 Å². The van der Waals surface area contributed by atoms with Crippen LogP contribution in [0.4, 0.5) is 4.79 Å². The van der Waals surface area contributed by atoms with Crippen LogP contribution >= 0.6 is 0 Å². The van der Waals surface area contributed by atoms with Crippen molar-refractivity contribution in [2.24, 2.45) is 5.92 Å². The number of amides is 2. The highest BCUT2D eigenvalue weighted by Crippen LogP contribution is 2.12. The second kappa shape index (κ2) is 7.89. The molecule has 0 saturated carbocycles. The molecule has 6 heteroatoms. The van der Waals surface area contributed by atoms with E-state index in [-0.39, 0.29) is 24.6 Å². The van der Waals surface area contributed by atoms with Gasteiger partial charge >= 0.3 is 6.03 Å². The van der Waals surface area contributed by atoms with E-state index in [0.29, 0.717) is 19.4 Å². The van der Waals surface area contributed by atoms with Gasteiger partial charge in [-0.15, -0.1) is 0 Å². The van der Waals surface area contributed by atoms with Gasteiger partial charge in [-0.25, -0.2) is 4.79 Å². The molecule has 0 radical (unpaired) electrons. The fourth-order valence-corrected chi connectivity index (χ4v) is 2.09. The minimum atomic E-state index is -0.205. The Morgan fingerprint density at radius 3 is 2.60 bits per heavy atom. The summed E-state index contributed by atoms with van der Waals surface area (Å²) >= 11 is 0. The fraction of sp³-hybridized carbons (Fsp3) is 0.714. The summed E-state index contributed by atoms with van der Waals surface area (Å²) in [4.78, 5) is 11.8. The molecule has 1 heterocycles. The van der Waals surface area contributed by atoms with Crippen molar-refractivity contribution >= 4 is 6.03 Å². The molecule has 1 aromatic rings. The minimum Gasteiger partial charge on any atom is -0.396 e. The number of carbonyl (C=O) groups is 1. The monoisotopic (exact) mass is 283 g/mol. The van der Waals surface area contributed by atoms with Gasteiger partial charge in [-0.1, -0.05) is 19.0 Å². The van der Waals surface area contributed by atoms with Crippen LogP contribution in [0.25, 0.3) is 0 Å². The van der Waals surface area contributed by atoms with Gasteiger partial charge in [0.05, 0.1) is 5.69 Å². The molecule has 0 saturated heterocycles. The zero-order chi connectivity index (χ0) is 15.1. The first-order valence-corrected chi connectivity index (χ1v) is 7.02. The average molecular weight is 283 g/mol. The van der Waals surface area contributed by atoms with E-state index in [1.54, 1.807) is 0 Å². The number of rotatable bonds is 7. The maximum atomic E-state index is 11.8. The lowest BCUT2D eigenvalue weighted by Crippen LogP contribution is -2.45. The molecule has 1 rings (SSSR count). The van der Waals surface area contributed by atoms with Crippen molar-refractivity contribution in [3.63, 3.8) is 0 Å². The first-order chi connectivity index (χ1) is 9.45. The summed E-state index contributed by atoms with van der Waals surface area (Å²) in [7, 11) is 0. The number of carbonyl (C=O) groups excluding carboxylic acids is 1. The summed E-state index contributed by atoms with van der Waals surface area (Å²) in [6.45, 7) is 8.39. The molecule has 0 bridgehead atoms. The molecule has 114 valence electrons. The Kier molecular flexibility index (Phi) is 6.51. The molecule has 0 spiro atoms. The largest absolute Gasteiger partial charge is 0.396 e. The Morgan fingerprint density at radius 1 is 1.40 bits per heavy atom. The number of hydrogen-bond donors (Lipinski definition) is 3. The van der Waals surface area contributed by atoms with E-state index in [0.717, 1.165) is 17.0 Å². The molecule has 0 aliphatic heterocycles. The van der Waals surface area contributed by atoms with Crippen molar-refractivity contribution in [2.75, 3.05) is 13.2 Å². The van der Waals surface area contributed by atoms with Gasteiger partial charge in [0.15, 0.2) is 0 Å². The van der Waals surface area contributed by atoms with Crippen molar-refractivity contribution in [1.29, 1.82) is 0 Å². The third-order valence-electron chi connectivity index (χ3n) is 3.40. The highest BCUT2D eigenvalue weighted by Gasteiger charge is 2.15. The summed E-state index contributed by atoms with van der Waals surface area (Å²) in [5.41, 5.74) is 1.91. The first-order valence-electron chi connectivity index (χ1n) is 7.02. The molecule has 20 heavy (non-hydrogen) atoms. The summed E-state index contributed by atoms with van der Waals surface area (Å²) in [5.74, 6) is 1.08. The molecule has 1 aromatic heterocycles. The Hall–Kier alpha value is -1.56. The van der Waals surface area contributed by atoms with Crippen LogP contribution in [0, 0.1) is 19.8 Å². The van der Waals surface area contributed by atoms with E-state index >= 15 is 0 Å². The Labute approximate surface area is 119 Å². The van der Waals surface area contributed by atoms with E-state index < -0.39 is 0 Å². The zero-order valence-electron chi connectivity index (χ0n) is 12.7. The van der Waals surface area contributed by atoms with Crippen molar-refractivity contribution in [2.45, 2.75) is 46.6 Å². The molecule has 0 aliphatic rings. The summed E-state index contributed by atoms with van der Waals surface area (Å²) < 4.78 is 5.07. The van der Waals surface area contributed by atoms with Crippen LogP contribution in [0.15, 0.2) is 4.52 Å². The highest BCUT2D eigenvalue weighted by molar-refractivity contribution is 5.74. The number of hydrogen-bond acceptors (Lipinski definition) is 4. The highest BCUT2D eigenvalue weighted by atomic mass is 16.5. The van der Waals surface area contributed by atoms with Gasteiger partial charge in [-0.3, -0.25) is 0 Å². The molecule has 0 fully saturated rings. The number of aliphatic hydroxyl groups is 1. The van der Waals surface area contributed by atoms with E-state index in [4.69, 9.17) is 9.63 Å². The molecule has 2 amide bonds. The topological polar surface area (TPSA) is 87.4 Å².